The second-order valence-corrected chi connectivity index (χ2v) is 7.72. The zero-order chi connectivity index (χ0) is 20.0. The number of benzene rings is 1. The number of nitrogens with zero attached hydrogens (tertiary/aromatic N) is 5. The molecular weight excluding hydrogens is 418 g/mol. The maximum Gasteiger partial charge on any atom is 0.163 e. The number of fused-ring (bicyclic) bond motifs is 1. The van der Waals surface area contributed by atoms with E-state index in [9.17, 15) is 0 Å². The first-order valence-electron chi connectivity index (χ1n) is 9.90. The molecule has 1 aliphatic heterocycles. The van der Waals surface area contributed by atoms with E-state index in [1.54, 1.807) is 6.20 Å². The van der Waals surface area contributed by atoms with Gasteiger partial charge in [-0.3, -0.25) is 4.57 Å². The molecule has 5 rings (SSSR count). The molecule has 0 bridgehead atoms. The third-order valence-corrected chi connectivity index (χ3v) is 5.62. The lowest BCUT2D eigenvalue weighted by molar-refractivity contribution is -0.0368. The second-order valence-electron chi connectivity index (χ2n) is 6.97. The van der Waals surface area contributed by atoms with Crippen molar-refractivity contribution in [2.24, 2.45) is 0 Å². The van der Waals surface area contributed by atoms with E-state index in [2.05, 4.69) is 31.0 Å². The Morgan fingerprint density at radius 2 is 2.18 bits per heavy atom. The molecule has 0 N–H and O–H groups in total. The number of hydrogen-bond donors (Lipinski definition) is 0. The summed E-state index contributed by atoms with van der Waals surface area (Å²) in [7, 11) is 0. The lowest BCUT2D eigenvalue weighted by atomic mass is 10.2. The molecule has 4 aromatic rings. The summed E-state index contributed by atoms with van der Waals surface area (Å²) in [5.74, 6) is 0.650. The van der Waals surface area contributed by atoms with Gasteiger partial charge in [-0.2, -0.15) is 5.10 Å². The molecule has 142 valence electrons. The van der Waals surface area contributed by atoms with E-state index < -0.39 is 0 Å². The van der Waals surface area contributed by atoms with Crippen LogP contribution in [-0.2, 0) is 4.74 Å². The van der Waals surface area contributed by atoms with Crippen molar-refractivity contribution in [1.82, 2.24) is 24.3 Å². The van der Waals surface area contributed by atoms with Crippen molar-refractivity contribution in [1.29, 1.82) is 0 Å². The molecule has 7 heteroatoms. The van der Waals surface area contributed by atoms with Crippen molar-refractivity contribution < 1.29 is 6.11 Å². The van der Waals surface area contributed by atoms with Gasteiger partial charge >= 0.3 is 0 Å². The fourth-order valence-electron chi connectivity index (χ4n) is 3.68. The molecular formula is C21H20BrN5O. The van der Waals surface area contributed by atoms with E-state index in [4.69, 9.17) is 6.11 Å². The van der Waals surface area contributed by atoms with Crippen LogP contribution in [0.15, 0.2) is 53.4 Å². The van der Waals surface area contributed by atoms with E-state index in [0.29, 0.717) is 12.0 Å². The van der Waals surface area contributed by atoms with Crippen LogP contribution in [0.4, 0.5) is 0 Å². The second kappa shape index (κ2) is 7.14. The van der Waals surface area contributed by atoms with Gasteiger partial charge in [-0.15, -0.1) is 0 Å². The van der Waals surface area contributed by atoms with E-state index in [1.165, 1.54) is 0 Å². The molecule has 0 amide bonds. The highest BCUT2D eigenvalue weighted by Crippen LogP contribution is 2.32. The zero-order valence-corrected chi connectivity index (χ0v) is 17.1. The summed E-state index contributed by atoms with van der Waals surface area (Å²) in [6.45, 7) is 2.72. The first-order chi connectivity index (χ1) is 14.1. The average Bonchev–Trinajstić information content (AvgIpc) is 3.28. The topological polar surface area (TPSA) is 57.8 Å². The molecule has 4 heterocycles. The highest BCUT2D eigenvalue weighted by Gasteiger charge is 2.21. The van der Waals surface area contributed by atoms with Crippen LogP contribution in [0.5, 0.6) is 0 Å². The third-order valence-electron chi connectivity index (χ3n) is 5.03. The summed E-state index contributed by atoms with van der Waals surface area (Å²) in [6, 6.07) is 11.9. The number of pyridine rings is 1. The Morgan fingerprint density at radius 1 is 1.25 bits per heavy atom. The van der Waals surface area contributed by atoms with Crippen molar-refractivity contribution in [3.8, 4) is 17.2 Å². The fraction of sp³-hybridized carbons (Fsp3) is 0.286. The maximum atomic E-state index is 8.38. The summed E-state index contributed by atoms with van der Waals surface area (Å²) >= 11 is 3.60. The van der Waals surface area contributed by atoms with Crippen molar-refractivity contribution in [2.45, 2.75) is 32.4 Å². The summed E-state index contributed by atoms with van der Waals surface area (Å²) in [5, 5.41) is 5.65. The van der Waals surface area contributed by atoms with Crippen molar-refractivity contribution in [3.05, 3.63) is 59.1 Å². The van der Waals surface area contributed by atoms with E-state index in [-0.39, 0.29) is 6.23 Å². The molecule has 1 fully saturated rings. The lowest BCUT2D eigenvalue weighted by Gasteiger charge is -2.23. The van der Waals surface area contributed by atoms with Gasteiger partial charge in [0.25, 0.3) is 0 Å². The van der Waals surface area contributed by atoms with Crippen LogP contribution in [0.3, 0.4) is 0 Å². The Hall–Kier alpha value is -2.51. The first kappa shape index (κ1) is 16.4. The van der Waals surface area contributed by atoms with Crippen LogP contribution < -0.4 is 0 Å². The van der Waals surface area contributed by atoms with Gasteiger partial charge in [0.15, 0.2) is 12.1 Å². The van der Waals surface area contributed by atoms with E-state index in [1.807, 2.05) is 52.6 Å². The van der Waals surface area contributed by atoms with Crippen LogP contribution in [0.2, 0.25) is 0 Å². The maximum absolute atomic E-state index is 8.38. The van der Waals surface area contributed by atoms with Crippen molar-refractivity contribution in [2.75, 3.05) is 6.61 Å². The SMILES string of the molecule is [2H]c1cnc(-c2cccc(C)n2)n1-c1ccc2c(c1)c(Br)nn2C1CCCCO1. The predicted octanol–water partition coefficient (Wildman–Crippen LogP) is 5.05. The van der Waals surface area contributed by atoms with Gasteiger partial charge in [0.05, 0.1) is 6.89 Å². The highest BCUT2D eigenvalue weighted by molar-refractivity contribution is 9.10. The minimum Gasteiger partial charge on any atom is -0.356 e. The quantitative estimate of drug-likeness (QED) is 0.448. The van der Waals surface area contributed by atoms with Gasteiger partial charge in [0.1, 0.15) is 10.3 Å². The molecule has 28 heavy (non-hydrogen) atoms. The summed E-state index contributed by atoms with van der Waals surface area (Å²) < 4.78 is 18.8. The van der Waals surface area contributed by atoms with Gasteiger partial charge in [-0.05, 0) is 72.4 Å². The standard InChI is InChI=1S/C21H20BrN5O/c1-14-5-4-6-17(24-14)21-23-10-11-26(21)15-8-9-18-16(13-15)20(22)25-27(18)19-7-2-3-12-28-19/h4-6,8-11,13,19H,2-3,7,12H2,1H3/i11D. The van der Waals surface area contributed by atoms with Crippen molar-refractivity contribution in [3.63, 3.8) is 0 Å². The molecule has 1 saturated heterocycles. The van der Waals surface area contributed by atoms with Gasteiger partial charge < -0.3 is 4.74 Å². The van der Waals surface area contributed by atoms with Crippen molar-refractivity contribution >= 4 is 26.8 Å². The van der Waals surface area contributed by atoms with E-state index >= 15 is 0 Å². The molecule has 0 radical (unpaired) electrons. The van der Waals surface area contributed by atoms with Crippen LogP contribution in [0.25, 0.3) is 28.1 Å². The molecule has 1 aromatic carbocycles. The molecule has 3 aromatic heterocycles. The van der Waals surface area contributed by atoms with Crippen LogP contribution in [-0.4, -0.2) is 30.9 Å². The van der Waals surface area contributed by atoms with Gasteiger partial charge in [-0.1, -0.05) is 6.07 Å². The molecule has 0 aliphatic carbocycles. The third kappa shape index (κ3) is 3.04. The Kier molecular flexibility index (Phi) is 4.20. The fourth-order valence-corrected chi connectivity index (χ4v) is 4.17. The number of imidazole rings is 1. The van der Waals surface area contributed by atoms with Gasteiger partial charge in [-0.25, -0.2) is 14.6 Å². The number of ether oxygens (including phenoxy) is 1. The lowest BCUT2D eigenvalue weighted by Crippen LogP contribution is -2.19. The summed E-state index contributed by atoms with van der Waals surface area (Å²) in [6.07, 6.45) is 5.04. The Labute approximate surface area is 172 Å². The summed E-state index contributed by atoms with van der Waals surface area (Å²) in [5.41, 5.74) is 3.52. The molecule has 6 nitrogen and oxygen atoms in total. The minimum absolute atomic E-state index is 0.0320. The number of hydrogen-bond acceptors (Lipinski definition) is 4. The first-order valence-corrected chi connectivity index (χ1v) is 10.2. The minimum atomic E-state index is -0.0320. The number of rotatable bonds is 3. The molecule has 1 atom stereocenters. The van der Waals surface area contributed by atoms with Gasteiger partial charge in [0, 0.05) is 35.7 Å². The Morgan fingerprint density at radius 3 is 3.00 bits per heavy atom. The smallest absolute Gasteiger partial charge is 0.163 e. The largest absolute Gasteiger partial charge is 0.356 e. The van der Waals surface area contributed by atoms with Crippen LogP contribution in [0.1, 0.15) is 32.6 Å². The molecule has 0 saturated carbocycles. The Balaban J connectivity index is 1.62. The van der Waals surface area contributed by atoms with Crippen LogP contribution >= 0.6 is 15.9 Å². The Bertz CT molecular complexity index is 1200. The van der Waals surface area contributed by atoms with Gasteiger partial charge in [0.2, 0.25) is 0 Å². The number of aryl methyl sites for hydroxylation is 1. The average molecular weight is 439 g/mol. The van der Waals surface area contributed by atoms with Crippen LogP contribution in [0, 0.1) is 6.92 Å². The zero-order valence-electron chi connectivity index (χ0n) is 16.5. The number of aromatic nitrogens is 5. The predicted molar refractivity (Wildman–Crippen MR) is 111 cm³/mol. The molecule has 1 unspecified atom stereocenters. The monoisotopic (exact) mass is 438 g/mol. The van der Waals surface area contributed by atoms with E-state index in [0.717, 1.165) is 58.5 Å². The highest BCUT2D eigenvalue weighted by atomic mass is 79.9. The number of halogens is 1. The molecule has 0 spiro atoms. The summed E-state index contributed by atoms with van der Waals surface area (Å²) in [4.78, 5) is 9.02. The molecule has 1 aliphatic rings. The normalized spacial score (nSPS) is 17.8.